The summed E-state index contributed by atoms with van der Waals surface area (Å²) in [6, 6.07) is 6.87. The fourth-order valence-electron chi connectivity index (χ4n) is 2.84. The van der Waals surface area contributed by atoms with E-state index in [0.29, 0.717) is 5.54 Å². The van der Waals surface area contributed by atoms with Crippen LogP contribution in [0, 0.1) is 0 Å². The molecular weight excluding hydrogens is 208 g/mol. The van der Waals surface area contributed by atoms with Crippen molar-refractivity contribution < 1.29 is 0 Å². The predicted octanol–water partition coefficient (Wildman–Crippen LogP) is 3.08. The molecule has 17 heavy (non-hydrogen) atoms. The minimum Gasteiger partial charge on any atom is -0.385 e. The van der Waals surface area contributed by atoms with Crippen LogP contribution in [0.25, 0.3) is 0 Å². The minimum absolute atomic E-state index is 0.411. The molecule has 0 unspecified atom stereocenters. The number of aryl methyl sites for hydroxylation is 1. The average Bonchev–Trinajstić information content (AvgIpc) is 2.34. The molecule has 1 heterocycles. The molecule has 1 saturated carbocycles. The summed E-state index contributed by atoms with van der Waals surface area (Å²) < 4.78 is 0. The molecule has 0 amide bonds. The highest BCUT2D eigenvalue weighted by atomic mass is 15.0. The molecule has 92 valence electrons. The van der Waals surface area contributed by atoms with Crippen molar-refractivity contribution in [3.63, 3.8) is 0 Å². The molecule has 1 aromatic carbocycles. The molecule has 2 heteroatoms. The molecule has 0 bridgehead atoms. The first-order chi connectivity index (χ1) is 8.25. The molecule has 0 atom stereocenters. The Labute approximate surface area is 104 Å². The molecule has 0 saturated heterocycles. The van der Waals surface area contributed by atoms with Gasteiger partial charge in [-0.2, -0.15) is 0 Å². The SMILES string of the molecule is CC1(NCc2ccc3c(c2)CCCN3)CCC1. The van der Waals surface area contributed by atoms with Gasteiger partial charge in [0.15, 0.2) is 0 Å². The summed E-state index contributed by atoms with van der Waals surface area (Å²) in [4.78, 5) is 0. The first-order valence-electron chi connectivity index (χ1n) is 6.86. The zero-order valence-electron chi connectivity index (χ0n) is 10.7. The van der Waals surface area contributed by atoms with Gasteiger partial charge in [-0.1, -0.05) is 12.1 Å². The Morgan fingerprint density at radius 3 is 2.94 bits per heavy atom. The van der Waals surface area contributed by atoms with Gasteiger partial charge in [-0.3, -0.25) is 0 Å². The Kier molecular flexibility index (Phi) is 2.83. The van der Waals surface area contributed by atoms with Gasteiger partial charge in [0.2, 0.25) is 0 Å². The summed E-state index contributed by atoms with van der Waals surface area (Å²) >= 11 is 0. The molecule has 2 N–H and O–H groups in total. The van der Waals surface area contributed by atoms with E-state index in [4.69, 9.17) is 0 Å². The van der Waals surface area contributed by atoms with Crippen molar-refractivity contribution in [2.24, 2.45) is 0 Å². The molecule has 2 nitrogen and oxygen atoms in total. The largest absolute Gasteiger partial charge is 0.385 e. The average molecular weight is 230 g/mol. The van der Waals surface area contributed by atoms with Crippen LogP contribution in [0.3, 0.4) is 0 Å². The number of rotatable bonds is 3. The van der Waals surface area contributed by atoms with Crippen molar-refractivity contribution >= 4 is 5.69 Å². The van der Waals surface area contributed by atoms with E-state index in [2.05, 4.69) is 35.8 Å². The van der Waals surface area contributed by atoms with Crippen LogP contribution in [0.4, 0.5) is 5.69 Å². The van der Waals surface area contributed by atoms with Gasteiger partial charge in [-0.25, -0.2) is 0 Å². The van der Waals surface area contributed by atoms with Gasteiger partial charge < -0.3 is 10.6 Å². The fraction of sp³-hybridized carbons (Fsp3) is 0.600. The van der Waals surface area contributed by atoms with Crippen molar-refractivity contribution in [3.05, 3.63) is 29.3 Å². The van der Waals surface area contributed by atoms with Crippen LogP contribution < -0.4 is 10.6 Å². The smallest absolute Gasteiger partial charge is 0.0372 e. The molecule has 3 rings (SSSR count). The number of fused-ring (bicyclic) bond motifs is 1. The van der Waals surface area contributed by atoms with Crippen LogP contribution in [0.1, 0.15) is 43.7 Å². The zero-order chi connectivity index (χ0) is 11.7. The van der Waals surface area contributed by atoms with Gasteiger partial charge in [0.05, 0.1) is 0 Å². The summed E-state index contributed by atoms with van der Waals surface area (Å²) in [7, 11) is 0. The second-order valence-corrected chi connectivity index (χ2v) is 5.79. The number of nitrogens with one attached hydrogen (secondary N) is 2. The first kappa shape index (κ1) is 11.1. The lowest BCUT2D eigenvalue weighted by Gasteiger charge is -2.39. The van der Waals surface area contributed by atoms with E-state index in [-0.39, 0.29) is 0 Å². The Bertz CT molecular complexity index is 407. The van der Waals surface area contributed by atoms with E-state index in [1.165, 1.54) is 48.9 Å². The van der Waals surface area contributed by atoms with Crippen molar-refractivity contribution in [1.29, 1.82) is 0 Å². The normalized spacial score (nSPS) is 21.2. The lowest BCUT2D eigenvalue weighted by molar-refractivity contribution is 0.207. The summed E-state index contributed by atoms with van der Waals surface area (Å²) in [5.74, 6) is 0. The number of benzene rings is 1. The third-order valence-corrected chi connectivity index (χ3v) is 4.28. The topological polar surface area (TPSA) is 24.1 Å². The van der Waals surface area contributed by atoms with Crippen molar-refractivity contribution in [3.8, 4) is 0 Å². The molecular formula is C15H22N2. The van der Waals surface area contributed by atoms with Crippen molar-refractivity contribution in [2.75, 3.05) is 11.9 Å². The summed E-state index contributed by atoms with van der Waals surface area (Å²) in [5, 5.41) is 7.16. The highest BCUT2D eigenvalue weighted by Gasteiger charge is 2.30. The van der Waals surface area contributed by atoms with Crippen molar-refractivity contribution in [1.82, 2.24) is 5.32 Å². The van der Waals surface area contributed by atoms with Gasteiger partial charge in [0, 0.05) is 24.3 Å². The molecule has 2 aliphatic rings. The van der Waals surface area contributed by atoms with Gasteiger partial charge in [-0.05, 0) is 56.2 Å². The second-order valence-electron chi connectivity index (χ2n) is 5.79. The number of hydrogen-bond donors (Lipinski definition) is 2. The Balaban J connectivity index is 1.67. The number of hydrogen-bond acceptors (Lipinski definition) is 2. The lowest BCUT2D eigenvalue weighted by Crippen LogP contribution is -2.47. The fourth-order valence-corrected chi connectivity index (χ4v) is 2.84. The van der Waals surface area contributed by atoms with Gasteiger partial charge in [-0.15, -0.1) is 0 Å². The zero-order valence-corrected chi connectivity index (χ0v) is 10.7. The monoisotopic (exact) mass is 230 g/mol. The van der Waals surface area contributed by atoms with Gasteiger partial charge in [0.1, 0.15) is 0 Å². The van der Waals surface area contributed by atoms with Crippen LogP contribution in [-0.2, 0) is 13.0 Å². The molecule has 1 aliphatic carbocycles. The Hall–Kier alpha value is -1.02. The number of anilines is 1. The van der Waals surface area contributed by atoms with Crippen molar-refractivity contribution in [2.45, 2.75) is 51.1 Å². The van der Waals surface area contributed by atoms with E-state index in [9.17, 15) is 0 Å². The third-order valence-electron chi connectivity index (χ3n) is 4.28. The van der Waals surface area contributed by atoms with E-state index >= 15 is 0 Å². The van der Waals surface area contributed by atoms with E-state index < -0.39 is 0 Å². The minimum atomic E-state index is 0.411. The quantitative estimate of drug-likeness (QED) is 0.834. The van der Waals surface area contributed by atoms with Gasteiger partial charge >= 0.3 is 0 Å². The van der Waals surface area contributed by atoms with E-state index in [1.54, 1.807) is 0 Å². The molecule has 0 spiro atoms. The molecule has 0 radical (unpaired) electrons. The second kappa shape index (κ2) is 4.34. The summed E-state index contributed by atoms with van der Waals surface area (Å²) in [6.45, 7) is 4.49. The maximum absolute atomic E-state index is 3.70. The van der Waals surface area contributed by atoms with Crippen LogP contribution in [0.2, 0.25) is 0 Å². The highest BCUT2D eigenvalue weighted by molar-refractivity contribution is 5.54. The highest BCUT2D eigenvalue weighted by Crippen LogP contribution is 2.31. The Morgan fingerprint density at radius 2 is 2.18 bits per heavy atom. The van der Waals surface area contributed by atoms with Crippen LogP contribution in [0.5, 0.6) is 0 Å². The Morgan fingerprint density at radius 1 is 1.29 bits per heavy atom. The van der Waals surface area contributed by atoms with E-state index in [1.807, 2.05) is 0 Å². The summed E-state index contributed by atoms with van der Waals surface area (Å²) in [6.07, 6.45) is 6.55. The maximum Gasteiger partial charge on any atom is 0.0372 e. The maximum atomic E-state index is 3.70. The van der Waals surface area contributed by atoms with Gasteiger partial charge in [0.25, 0.3) is 0 Å². The molecule has 1 aromatic rings. The third kappa shape index (κ3) is 2.32. The standard InChI is InChI=1S/C15H22N2/c1-15(7-3-8-15)17-11-12-5-6-14-13(10-12)4-2-9-16-14/h5-6,10,16-17H,2-4,7-9,11H2,1H3. The molecule has 0 aromatic heterocycles. The lowest BCUT2D eigenvalue weighted by atomic mass is 9.78. The first-order valence-corrected chi connectivity index (χ1v) is 6.86. The van der Waals surface area contributed by atoms with Crippen LogP contribution in [-0.4, -0.2) is 12.1 Å². The molecule has 1 aliphatic heterocycles. The van der Waals surface area contributed by atoms with Crippen LogP contribution in [0.15, 0.2) is 18.2 Å². The van der Waals surface area contributed by atoms with Crippen LogP contribution >= 0.6 is 0 Å². The van der Waals surface area contributed by atoms with E-state index in [0.717, 1.165) is 13.1 Å². The predicted molar refractivity (Wildman–Crippen MR) is 72.3 cm³/mol. The molecule has 1 fully saturated rings. The summed E-state index contributed by atoms with van der Waals surface area (Å²) in [5.41, 5.74) is 4.68.